The molecule has 1 atom stereocenters. The predicted octanol–water partition coefficient (Wildman–Crippen LogP) is 1.30. The van der Waals surface area contributed by atoms with Crippen molar-refractivity contribution >= 4 is 38.3 Å². The van der Waals surface area contributed by atoms with Gasteiger partial charge >= 0.3 is 0 Å². The standard InChI is InChI=1S/C17H20N4O4S2/c22-15(20-17-18-8-10-26-17)11-19-16(23)13-5-4-9-21(12-13)27(24,25)14-6-2-1-3-7-14/h1-3,6-8,10,13H,4-5,9,11-12H2,(H,19,23)(H,18,20,22). The van der Waals surface area contributed by atoms with Crippen LogP contribution in [0, 0.1) is 5.92 Å². The van der Waals surface area contributed by atoms with Crippen molar-refractivity contribution in [3.63, 3.8) is 0 Å². The topological polar surface area (TPSA) is 108 Å². The second-order valence-corrected chi connectivity index (χ2v) is 8.95. The Hall–Kier alpha value is -2.30. The molecule has 2 heterocycles. The zero-order valence-corrected chi connectivity index (χ0v) is 16.1. The Kier molecular flexibility index (Phi) is 6.19. The highest BCUT2D eigenvalue weighted by Gasteiger charge is 2.33. The summed E-state index contributed by atoms with van der Waals surface area (Å²) in [6.07, 6.45) is 2.75. The van der Waals surface area contributed by atoms with Gasteiger partial charge in [-0.1, -0.05) is 18.2 Å². The van der Waals surface area contributed by atoms with Crippen molar-refractivity contribution in [1.82, 2.24) is 14.6 Å². The summed E-state index contributed by atoms with van der Waals surface area (Å²) in [5.41, 5.74) is 0. The van der Waals surface area contributed by atoms with Gasteiger partial charge in [-0.2, -0.15) is 4.31 Å². The minimum Gasteiger partial charge on any atom is -0.347 e. The zero-order chi connectivity index (χ0) is 19.3. The third kappa shape index (κ3) is 4.90. The molecule has 0 bridgehead atoms. The van der Waals surface area contributed by atoms with Crippen molar-refractivity contribution in [2.45, 2.75) is 17.7 Å². The highest BCUT2D eigenvalue weighted by Crippen LogP contribution is 2.23. The normalized spacial score (nSPS) is 18.0. The quantitative estimate of drug-likeness (QED) is 0.749. The van der Waals surface area contributed by atoms with Crippen LogP contribution in [0.25, 0.3) is 0 Å². The Bertz CT molecular complexity index is 885. The Labute approximate surface area is 161 Å². The first kappa shape index (κ1) is 19.5. The monoisotopic (exact) mass is 408 g/mol. The number of nitrogens with zero attached hydrogens (tertiary/aromatic N) is 2. The van der Waals surface area contributed by atoms with Gasteiger partial charge in [0.05, 0.1) is 17.4 Å². The fourth-order valence-corrected chi connectivity index (χ4v) is 4.97. The maximum absolute atomic E-state index is 12.7. The molecule has 1 fully saturated rings. The molecular weight excluding hydrogens is 388 g/mol. The fraction of sp³-hybridized carbons (Fsp3) is 0.353. The number of carbonyl (C=O) groups is 2. The van der Waals surface area contributed by atoms with E-state index in [1.807, 2.05) is 0 Å². The van der Waals surface area contributed by atoms with Crippen molar-refractivity contribution in [1.29, 1.82) is 0 Å². The number of rotatable bonds is 6. The van der Waals surface area contributed by atoms with E-state index in [-0.39, 0.29) is 29.8 Å². The lowest BCUT2D eigenvalue weighted by Crippen LogP contribution is -2.46. The summed E-state index contributed by atoms with van der Waals surface area (Å²) in [5.74, 6) is -1.18. The number of aromatic nitrogens is 1. The third-order valence-corrected chi connectivity index (χ3v) is 6.81. The predicted molar refractivity (Wildman–Crippen MR) is 102 cm³/mol. The molecule has 0 radical (unpaired) electrons. The molecular formula is C17H20N4O4S2. The van der Waals surface area contributed by atoms with Crippen molar-refractivity contribution in [3.8, 4) is 0 Å². The number of sulfonamides is 1. The molecule has 0 aliphatic carbocycles. The van der Waals surface area contributed by atoms with Crippen molar-refractivity contribution < 1.29 is 18.0 Å². The summed E-state index contributed by atoms with van der Waals surface area (Å²) in [4.78, 5) is 28.4. The van der Waals surface area contributed by atoms with Gasteiger partial charge in [0, 0.05) is 24.7 Å². The SMILES string of the molecule is O=C(CNC(=O)C1CCCN(S(=O)(=O)c2ccccc2)C1)Nc1nccs1. The van der Waals surface area contributed by atoms with Crippen LogP contribution in [0.2, 0.25) is 0 Å². The molecule has 1 unspecified atom stereocenters. The van der Waals surface area contributed by atoms with E-state index in [1.165, 1.54) is 15.6 Å². The summed E-state index contributed by atoms with van der Waals surface area (Å²) in [7, 11) is -3.63. The van der Waals surface area contributed by atoms with Crippen LogP contribution >= 0.6 is 11.3 Å². The average Bonchev–Trinajstić information content (AvgIpc) is 3.20. The Morgan fingerprint density at radius 2 is 2.04 bits per heavy atom. The number of hydrogen-bond donors (Lipinski definition) is 2. The Morgan fingerprint density at radius 3 is 2.74 bits per heavy atom. The summed E-state index contributed by atoms with van der Waals surface area (Å²) in [5, 5.41) is 7.36. The van der Waals surface area contributed by atoms with Gasteiger partial charge in [-0.3, -0.25) is 9.59 Å². The number of hydrogen-bond acceptors (Lipinski definition) is 6. The molecule has 0 spiro atoms. The van der Waals surface area contributed by atoms with E-state index in [0.29, 0.717) is 24.5 Å². The van der Waals surface area contributed by atoms with E-state index < -0.39 is 15.9 Å². The van der Waals surface area contributed by atoms with Gasteiger partial charge in [-0.25, -0.2) is 13.4 Å². The maximum Gasteiger partial charge on any atom is 0.245 e. The van der Waals surface area contributed by atoms with Gasteiger partial charge in [-0.15, -0.1) is 11.3 Å². The number of thiazole rings is 1. The molecule has 1 saturated heterocycles. The second-order valence-electron chi connectivity index (χ2n) is 6.12. The largest absolute Gasteiger partial charge is 0.347 e. The lowest BCUT2D eigenvalue weighted by atomic mass is 9.99. The van der Waals surface area contributed by atoms with Crippen LogP contribution in [0.4, 0.5) is 5.13 Å². The molecule has 1 aliphatic rings. The molecule has 10 heteroatoms. The van der Waals surface area contributed by atoms with E-state index >= 15 is 0 Å². The van der Waals surface area contributed by atoms with E-state index in [0.717, 1.165) is 0 Å². The van der Waals surface area contributed by atoms with Gasteiger partial charge in [0.2, 0.25) is 21.8 Å². The second kappa shape index (κ2) is 8.59. The van der Waals surface area contributed by atoms with Crippen molar-refractivity contribution in [3.05, 3.63) is 41.9 Å². The van der Waals surface area contributed by atoms with Crippen LogP contribution in [0.5, 0.6) is 0 Å². The number of amides is 2. The Balaban J connectivity index is 1.56. The van der Waals surface area contributed by atoms with Gasteiger partial charge in [0.1, 0.15) is 0 Å². The fourth-order valence-electron chi connectivity index (χ4n) is 2.88. The number of benzene rings is 1. The van der Waals surface area contributed by atoms with E-state index in [9.17, 15) is 18.0 Å². The summed E-state index contributed by atoms with van der Waals surface area (Å²) in [6, 6.07) is 8.18. The summed E-state index contributed by atoms with van der Waals surface area (Å²) < 4.78 is 26.8. The summed E-state index contributed by atoms with van der Waals surface area (Å²) in [6.45, 7) is 0.309. The smallest absolute Gasteiger partial charge is 0.245 e. The van der Waals surface area contributed by atoms with Crippen LogP contribution < -0.4 is 10.6 Å². The lowest BCUT2D eigenvalue weighted by Gasteiger charge is -2.31. The number of carbonyl (C=O) groups excluding carboxylic acids is 2. The van der Waals surface area contributed by atoms with Gasteiger partial charge in [0.25, 0.3) is 0 Å². The molecule has 2 amide bonds. The number of nitrogens with one attached hydrogen (secondary N) is 2. The first-order valence-corrected chi connectivity index (χ1v) is 10.8. The molecule has 27 heavy (non-hydrogen) atoms. The molecule has 1 aliphatic heterocycles. The van der Waals surface area contributed by atoms with Crippen LogP contribution in [-0.4, -0.2) is 49.2 Å². The molecule has 2 N–H and O–H groups in total. The van der Waals surface area contributed by atoms with Crippen LogP contribution in [0.15, 0.2) is 46.8 Å². The average molecular weight is 409 g/mol. The summed E-state index contributed by atoms with van der Waals surface area (Å²) >= 11 is 1.29. The van der Waals surface area contributed by atoms with Gasteiger partial charge < -0.3 is 10.6 Å². The third-order valence-electron chi connectivity index (χ3n) is 4.24. The molecule has 0 saturated carbocycles. The first-order valence-electron chi connectivity index (χ1n) is 8.49. The van der Waals surface area contributed by atoms with Gasteiger partial charge in [0.15, 0.2) is 5.13 Å². The van der Waals surface area contributed by atoms with E-state index in [4.69, 9.17) is 0 Å². The highest BCUT2D eigenvalue weighted by atomic mass is 32.2. The minimum absolute atomic E-state index is 0.108. The molecule has 1 aromatic heterocycles. The van der Waals surface area contributed by atoms with Crippen molar-refractivity contribution in [2.75, 3.05) is 25.0 Å². The van der Waals surface area contributed by atoms with Crippen LogP contribution in [0.3, 0.4) is 0 Å². The molecule has 1 aromatic carbocycles. The zero-order valence-electron chi connectivity index (χ0n) is 14.5. The Morgan fingerprint density at radius 1 is 1.26 bits per heavy atom. The van der Waals surface area contributed by atoms with Crippen LogP contribution in [-0.2, 0) is 19.6 Å². The first-order chi connectivity index (χ1) is 13.0. The molecule has 8 nitrogen and oxygen atoms in total. The van der Waals surface area contributed by atoms with Crippen molar-refractivity contribution in [2.24, 2.45) is 5.92 Å². The maximum atomic E-state index is 12.7. The molecule has 3 rings (SSSR count). The van der Waals surface area contributed by atoms with Crippen LogP contribution in [0.1, 0.15) is 12.8 Å². The minimum atomic E-state index is -3.63. The van der Waals surface area contributed by atoms with Gasteiger partial charge in [-0.05, 0) is 25.0 Å². The molecule has 2 aromatic rings. The van der Waals surface area contributed by atoms with E-state index in [2.05, 4.69) is 15.6 Å². The number of anilines is 1. The molecule has 144 valence electrons. The highest BCUT2D eigenvalue weighted by molar-refractivity contribution is 7.89. The van der Waals surface area contributed by atoms with E-state index in [1.54, 1.807) is 41.9 Å². The lowest BCUT2D eigenvalue weighted by molar-refractivity contribution is -0.128. The number of piperidine rings is 1.